The monoisotopic (exact) mass is 230 g/mol. The van der Waals surface area contributed by atoms with Crippen molar-refractivity contribution in [2.75, 3.05) is 5.75 Å². The van der Waals surface area contributed by atoms with E-state index >= 15 is 0 Å². The second-order valence-corrected chi connectivity index (χ2v) is 5.72. The number of aldehydes is 1. The smallest absolute Gasteiger partial charge is 0.233 e. The molecule has 1 atom stereocenters. The number of rotatable bonds is 3. The van der Waals surface area contributed by atoms with Gasteiger partial charge in [-0.05, 0) is 12.8 Å². The Balaban J connectivity index is 2.26. The highest BCUT2D eigenvalue weighted by Crippen LogP contribution is 2.32. The molecule has 1 fully saturated rings. The predicted octanol–water partition coefficient (Wildman–Crippen LogP) is 0.0607. The van der Waals surface area contributed by atoms with Crippen LogP contribution in [0.2, 0.25) is 0 Å². The van der Waals surface area contributed by atoms with Crippen molar-refractivity contribution in [1.82, 2.24) is 10.1 Å². The highest BCUT2D eigenvalue weighted by Gasteiger charge is 2.36. The second-order valence-electron chi connectivity index (χ2n) is 3.41. The molecule has 1 aromatic rings. The third-order valence-electron chi connectivity index (χ3n) is 2.36. The second kappa shape index (κ2) is 3.73. The minimum atomic E-state index is -3.12. The van der Waals surface area contributed by atoms with Gasteiger partial charge in [0.15, 0.2) is 15.7 Å². The molecule has 15 heavy (non-hydrogen) atoms. The van der Waals surface area contributed by atoms with E-state index in [-0.39, 0.29) is 23.9 Å². The molecule has 1 aliphatic rings. The molecule has 0 bridgehead atoms. The van der Waals surface area contributed by atoms with Crippen molar-refractivity contribution in [3.8, 4) is 0 Å². The summed E-state index contributed by atoms with van der Waals surface area (Å²) in [7, 11) is -3.12. The first-order valence-electron chi connectivity index (χ1n) is 4.61. The maximum Gasteiger partial charge on any atom is 0.233 e. The van der Waals surface area contributed by atoms with Gasteiger partial charge in [0.1, 0.15) is 11.5 Å². The third-order valence-corrected chi connectivity index (χ3v) is 4.53. The third kappa shape index (κ3) is 1.92. The van der Waals surface area contributed by atoms with Crippen LogP contribution in [0.3, 0.4) is 0 Å². The minimum absolute atomic E-state index is 0.0275. The van der Waals surface area contributed by atoms with Crippen molar-refractivity contribution in [3.63, 3.8) is 0 Å². The van der Waals surface area contributed by atoms with Crippen molar-refractivity contribution in [1.29, 1.82) is 0 Å². The zero-order valence-electron chi connectivity index (χ0n) is 7.92. The van der Waals surface area contributed by atoms with Crippen LogP contribution in [0.4, 0.5) is 0 Å². The fraction of sp³-hybridized carbons (Fsp3) is 0.625. The summed E-state index contributed by atoms with van der Waals surface area (Å²) < 4.78 is 27.8. The number of aromatic nitrogens is 2. The van der Waals surface area contributed by atoms with Crippen molar-refractivity contribution in [2.24, 2.45) is 0 Å². The molecule has 0 N–H and O–H groups in total. The Morgan fingerprint density at radius 3 is 2.93 bits per heavy atom. The molecule has 1 unspecified atom stereocenters. The standard InChI is InChI=1S/C8H10N2O4S/c11-4-3-7-9-8(10-14-7)6-2-1-5-15(6,12)13/h4,6H,1-3,5H2. The Hall–Kier alpha value is -1.24. The van der Waals surface area contributed by atoms with Crippen LogP contribution in [-0.4, -0.2) is 30.6 Å². The Bertz CT molecular complexity index is 465. The average Bonchev–Trinajstić information content (AvgIpc) is 2.72. The summed E-state index contributed by atoms with van der Waals surface area (Å²) in [5, 5.41) is 2.94. The van der Waals surface area contributed by atoms with Crippen LogP contribution in [-0.2, 0) is 21.1 Å². The van der Waals surface area contributed by atoms with Crippen molar-refractivity contribution in [2.45, 2.75) is 24.5 Å². The molecule has 0 spiro atoms. The minimum Gasteiger partial charge on any atom is -0.339 e. The summed E-state index contributed by atoms with van der Waals surface area (Å²) >= 11 is 0. The SMILES string of the molecule is O=CCc1nc(C2CCCS2(=O)=O)no1. The van der Waals surface area contributed by atoms with E-state index in [2.05, 4.69) is 10.1 Å². The summed E-state index contributed by atoms with van der Waals surface area (Å²) in [6.45, 7) is 0. The largest absolute Gasteiger partial charge is 0.339 e. The molecule has 7 heteroatoms. The van der Waals surface area contributed by atoms with Crippen molar-refractivity contribution < 1.29 is 17.7 Å². The molecule has 0 saturated carbocycles. The van der Waals surface area contributed by atoms with Crippen LogP contribution in [0.25, 0.3) is 0 Å². The van der Waals surface area contributed by atoms with E-state index in [1.807, 2.05) is 0 Å². The Labute approximate surface area is 86.6 Å². The van der Waals surface area contributed by atoms with Crippen LogP contribution in [0.1, 0.15) is 29.8 Å². The molecule has 2 heterocycles. The lowest BCUT2D eigenvalue weighted by atomic mass is 10.2. The summed E-state index contributed by atoms with van der Waals surface area (Å²) in [5.74, 6) is 0.529. The van der Waals surface area contributed by atoms with Gasteiger partial charge in [0.2, 0.25) is 5.89 Å². The Morgan fingerprint density at radius 1 is 1.53 bits per heavy atom. The van der Waals surface area contributed by atoms with Gasteiger partial charge in [0.25, 0.3) is 0 Å². The van der Waals surface area contributed by atoms with Crippen molar-refractivity contribution >= 4 is 16.1 Å². The topological polar surface area (TPSA) is 90.1 Å². The lowest BCUT2D eigenvalue weighted by Crippen LogP contribution is -2.09. The van der Waals surface area contributed by atoms with Gasteiger partial charge < -0.3 is 9.32 Å². The van der Waals surface area contributed by atoms with Gasteiger partial charge in [-0.2, -0.15) is 4.98 Å². The van der Waals surface area contributed by atoms with Gasteiger partial charge in [-0.1, -0.05) is 5.16 Å². The van der Waals surface area contributed by atoms with Gasteiger partial charge in [0.05, 0.1) is 12.2 Å². The molecule has 0 amide bonds. The van der Waals surface area contributed by atoms with Crippen LogP contribution in [0.5, 0.6) is 0 Å². The number of hydrogen-bond acceptors (Lipinski definition) is 6. The predicted molar refractivity (Wildman–Crippen MR) is 49.8 cm³/mol. The van der Waals surface area contributed by atoms with E-state index in [0.717, 1.165) is 0 Å². The van der Waals surface area contributed by atoms with E-state index in [1.54, 1.807) is 0 Å². The molecule has 0 aliphatic carbocycles. The van der Waals surface area contributed by atoms with Gasteiger partial charge in [-0.15, -0.1) is 0 Å². The van der Waals surface area contributed by atoms with Gasteiger partial charge in [0, 0.05) is 0 Å². The molecule has 1 aromatic heterocycles. The molecule has 6 nitrogen and oxygen atoms in total. The van der Waals surface area contributed by atoms with Gasteiger partial charge in [-0.3, -0.25) is 0 Å². The Kier molecular flexibility index (Phi) is 2.56. The van der Waals surface area contributed by atoms with Crippen LogP contribution >= 0.6 is 0 Å². The molecule has 1 aliphatic heterocycles. The highest BCUT2D eigenvalue weighted by molar-refractivity contribution is 7.91. The van der Waals surface area contributed by atoms with Crippen molar-refractivity contribution in [3.05, 3.63) is 11.7 Å². The molecule has 1 saturated heterocycles. The lowest BCUT2D eigenvalue weighted by molar-refractivity contribution is -0.107. The number of carbonyl (C=O) groups excluding carboxylic acids is 1. The number of hydrogen-bond donors (Lipinski definition) is 0. The number of sulfone groups is 1. The molecule has 82 valence electrons. The summed E-state index contributed by atoms with van der Waals surface area (Å²) in [6.07, 6.45) is 1.83. The highest BCUT2D eigenvalue weighted by atomic mass is 32.2. The maximum atomic E-state index is 11.5. The average molecular weight is 230 g/mol. The van der Waals surface area contributed by atoms with E-state index < -0.39 is 15.1 Å². The van der Waals surface area contributed by atoms with Gasteiger partial charge >= 0.3 is 0 Å². The quantitative estimate of drug-likeness (QED) is 0.682. The van der Waals surface area contributed by atoms with Gasteiger partial charge in [-0.25, -0.2) is 8.42 Å². The van der Waals surface area contributed by atoms with E-state index in [1.165, 1.54) is 0 Å². The summed E-state index contributed by atoms with van der Waals surface area (Å²) in [6, 6.07) is 0. The maximum absolute atomic E-state index is 11.5. The summed E-state index contributed by atoms with van der Waals surface area (Å²) in [4.78, 5) is 14.1. The lowest BCUT2D eigenvalue weighted by Gasteiger charge is -2.01. The van der Waals surface area contributed by atoms with Crippen LogP contribution in [0.15, 0.2) is 4.52 Å². The molecule has 0 radical (unpaired) electrons. The number of nitrogens with zero attached hydrogens (tertiary/aromatic N) is 2. The molecule has 2 rings (SSSR count). The first-order valence-corrected chi connectivity index (χ1v) is 6.33. The first-order chi connectivity index (χ1) is 7.13. The van der Waals surface area contributed by atoms with E-state index in [9.17, 15) is 13.2 Å². The zero-order valence-corrected chi connectivity index (χ0v) is 8.74. The molecular formula is C8H10N2O4S. The molecule has 0 aromatic carbocycles. The summed E-state index contributed by atoms with van der Waals surface area (Å²) in [5.41, 5.74) is 0. The van der Waals surface area contributed by atoms with E-state index in [0.29, 0.717) is 19.1 Å². The molecular weight excluding hydrogens is 220 g/mol. The zero-order chi connectivity index (χ0) is 10.9. The first kappa shape index (κ1) is 10.3. The fourth-order valence-electron chi connectivity index (χ4n) is 1.63. The van der Waals surface area contributed by atoms with Crippen LogP contribution < -0.4 is 0 Å². The number of carbonyl (C=O) groups is 1. The van der Waals surface area contributed by atoms with E-state index in [4.69, 9.17) is 4.52 Å². The van der Waals surface area contributed by atoms with Crippen LogP contribution in [0, 0.1) is 0 Å². The fourth-order valence-corrected chi connectivity index (χ4v) is 3.43. The Morgan fingerprint density at radius 2 is 2.33 bits per heavy atom. The normalized spacial score (nSPS) is 24.1.